The molecule has 16 heavy (non-hydrogen) atoms. The number of carbonyl (C=O) groups is 2. The van der Waals surface area contributed by atoms with Crippen molar-refractivity contribution in [2.45, 2.75) is 51.5 Å². The summed E-state index contributed by atoms with van der Waals surface area (Å²) in [5.41, 5.74) is 1.19. The summed E-state index contributed by atoms with van der Waals surface area (Å²) in [4.78, 5) is 22.0. The van der Waals surface area contributed by atoms with E-state index in [1.54, 1.807) is 6.92 Å². The van der Waals surface area contributed by atoms with Crippen LogP contribution in [-0.4, -0.2) is 23.0 Å². The van der Waals surface area contributed by atoms with Crippen molar-refractivity contribution in [3.8, 4) is 0 Å². The maximum atomic E-state index is 11.6. The molecule has 90 valence electrons. The fraction of sp³-hybridized carbons (Fsp3) is 0.667. The maximum Gasteiger partial charge on any atom is 0.305 e. The van der Waals surface area contributed by atoms with Gasteiger partial charge in [0, 0.05) is 12.5 Å². The molecule has 4 heteroatoms. The van der Waals surface area contributed by atoms with Gasteiger partial charge in [-0.1, -0.05) is 11.6 Å². The topological polar surface area (TPSA) is 66.4 Å². The zero-order valence-electron chi connectivity index (χ0n) is 9.66. The second-order valence-electron chi connectivity index (χ2n) is 4.35. The molecular weight excluding hydrogens is 206 g/mol. The Labute approximate surface area is 95.7 Å². The fourth-order valence-electron chi connectivity index (χ4n) is 1.91. The summed E-state index contributed by atoms with van der Waals surface area (Å²) in [6.07, 6.45) is 6.96. The smallest absolute Gasteiger partial charge is 0.305 e. The van der Waals surface area contributed by atoms with Crippen molar-refractivity contribution in [1.82, 2.24) is 5.32 Å². The van der Waals surface area contributed by atoms with Crippen molar-refractivity contribution in [2.24, 2.45) is 0 Å². The highest BCUT2D eigenvalue weighted by molar-refractivity contribution is 5.79. The van der Waals surface area contributed by atoms with Crippen molar-refractivity contribution >= 4 is 11.9 Å². The van der Waals surface area contributed by atoms with Crippen LogP contribution in [0.2, 0.25) is 0 Å². The lowest BCUT2D eigenvalue weighted by Gasteiger charge is -2.15. The predicted octanol–water partition coefficient (Wildman–Crippen LogP) is 1.86. The van der Waals surface area contributed by atoms with Gasteiger partial charge < -0.3 is 10.4 Å². The van der Waals surface area contributed by atoms with E-state index in [2.05, 4.69) is 11.4 Å². The molecule has 0 spiro atoms. The van der Waals surface area contributed by atoms with Crippen LogP contribution in [0.25, 0.3) is 0 Å². The summed E-state index contributed by atoms with van der Waals surface area (Å²) in [5, 5.41) is 11.3. The number of carbonyl (C=O) groups excluding carboxylic acids is 1. The number of allylic oxidation sites excluding steroid dienone is 1. The molecule has 0 aliphatic heterocycles. The van der Waals surface area contributed by atoms with Gasteiger partial charge in [-0.05, 0) is 32.6 Å². The highest BCUT2D eigenvalue weighted by atomic mass is 16.4. The van der Waals surface area contributed by atoms with Crippen LogP contribution in [0.15, 0.2) is 11.6 Å². The molecule has 2 N–H and O–H groups in total. The minimum absolute atomic E-state index is 0.0230. The van der Waals surface area contributed by atoms with Gasteiger partial charge in [0.1, 0.15) is 0 Å². The van der Waals surface area contributed by atoms with Crippen LogP contribution in [0, 0.1) is 0 Å². The predicted molar refractivity (Wildman–Crippen MR) is 61.0 cm³/mol. The van der Waals surface area contributed by atoms with Crippen LogP contribution in [0.5, 0.6) is 0 Å². The molecule has 1 aliphatic carbocycles. The lowest BCUT2D eigenvalue weighted by atomic mass is 9.97. The van der Waals surface area contributed by atoms with E-state index in [-0.39, 0.29) is 18.4 Å². The first kappa shape index (κ1) is 12.7. The maximum absolute atomic E-state index is 11.6. The van der Waals surface area contributed by atoms with Gasteiger partial charge in [-0.15, -0.1) is 0 Å². The second kappa shape index (κ2) is 6.30. The normalized spacial score (nSPS) is 17.4. The van der Waals surface area contributed by atoms with Gasteiger partial charge >= 0.3 is 5.97 Å². The second-order valence-corrected chi connectivity index (χ2v) is 4.35. The number of aliphatic carboxylic acids is 1. The minimum atomic E-state index is -0.885. The standard InChI is InChI=1S/C12H19NO3/c1-9(7-12(15)16)13-11(14)8-10-5-3-2-4-6-10/h5,9H,2-4,6-8H2,1H3,(H,13,14)(H,15,16). The molecule has 1 aliphatic rings. The number of carboxylic acid groups (broad SMARTS) is 1. The summed E-state index contributed by atoms with van der Waals surface area (Å²) in [7, 11) is 0. The molecule has 1 amide bonds. The highest BCUT2D eigenvalue weighted by Crippen LogP contribution is 2.19. The number of nitrogens with one attached hydrogen (secondary N) is 1. The van der Waals surface area contributed by atoms with E-state index in [1.165, 1.54) is 12.0 Å². The van der Waals surface area contributed by atoms with Gasteiger partial charge in [0.25, 0.3) is 0 Å². The average molecular weight is 225 g/mol. The van der Waals surface area contributed by atoms with Gasteiger partial charge in [-0.25, -0.2) is 0 Å². The molecule has 0 saturated heterocycles. The molecule has 0 aromatic rings. The molecule has 0 saturated carbocycles. The van der Waals surface area contributed by atoms with Crippen molar-refractivity contribution in [3.63, 3.8) is 0 Å². The van der Waals surface area contributed by atoms with Crippen molar-refractivity contribution in [2.75, 3.05) is 0 Å². The number of hydrogen-bond acceptors (Lipinski definition) is 2. The zero-order valence-corrected chi connectivity index (χ0v) is 9.66. The summed E-state index contributed by atoms with van der Waals surface area (Å²) in [5.74, 6) is -0.952. The quantitative estimate of drug-likeness (QED) is 0.702. The molecule has 0 aromatic heterocycles. The lowest BCUT2D eigenvalue weighted by molar-refractivity contribution is -0.137. The lowest BCUT2D eigenvalue weighted by Crippen LogP contribution is -2.34. The Hall–Kier alpha value is -1.32. The Balaban J connectivity index is 2.29. The van der Waals surface area contributed by atoms with Gasteiger partial charge in [0.15, 0.2) is 0 Å². The number of rotatable bonds is 5. The van der Waals surface area contributed by atoms with Gasteiger partial charge in [0.2, 0.25) is 5.91 Å². The average Bonchev–Trinajstić information content (AvgIpc) is 2.17. The van der Waals surface area contributed by atoms with Gasteiger partial charge in [-0.2, -0.15) is 0 Å². The molecule has 0 aromatic carbocycles. The van der Waals surface area contributed by atoms with E-state index in [0.717, 1.165) is 19.3 Å². The number of amides is 1. The summed E-state index contributed by atoms with van der Waals surface area (Å²) >= 11 is 0. The first-order valence-corrected chi connectivity index (χ1v) is 5.77. The van der Waals surface area contributed by atoms with Crippen LogP contribution >= 0.6 is 0 Å². The van der Waals surface area contributed by atoms with E-state index >= 15 is 0 Å². The number of carboxylic acids is 1. The first-order valence-electron chi connectivity index (χ1n) is 5.77. The summed E-state index contributed by atoms with van der Waals surface area (Å²) in [6.45, 7) is 1.71. The number of hydrogen-bond donors (Lipinski definition) is 2. The van der Waals surface area contributed by atoms with Crippen molar-refractivity contribution < 1.29 is 14.7 Å². The van der Waals surface area contributed by atoms with E-state index < -0.39 is 5.97 Å². The third-order valence-electron chi connectivity index (χ3n) is 2.66. The van der Waals surface area contributed by atoms with E-state index in [1.807, 2.05) is 0 Å². The van der Waals surface area contributed by atoms with Gasteiger partial charge in [0.05, 0.1) is 6.42 Å². The van der Waals surface area contributed by atoms with Crippen LogP contribution < -0.4 is 5.32 Å². The zero-order chi connectivity index (χ0) is 12.0. The summed E-state index contributed by atoms with van der Waals surface area (Å²) in [6, 6.07) is -0.297. The van der Waals surface area contributed by atoms with Crippen molar-refractivity contribution in [1.29, 1.82) is 0 Å². The van der Waals surface area contributed by atoms with Crippen LogP contribution in [0.4, 0.5) is 0 Å². The Morgan fingerprint density at radius 3 is 2.81 bits per heavy atom. The molecule has 0 fully saturated rings. The molecule has 1 atom stereocenters. The van der Waals surface area contributed by atoms with Crippen LogP contribution in [-0.2, 0) is 9.59 Å². The fourth-order valence-corrected chi connectivity index (χ4v) is 1.91. The molecular formula is C12H19NO3. The minimum Gasteiger partial charge on any atom is -0.481 e. The summed E-state index contributed by atoms with van der Waals surface area (Å²) < 4.78 is 0. The molecule has 0 bridgehead atoms. The van der Waals surface area contributed by atoms with Crippen LogP contribution in [0.1, 0.15) is 45.4 Å². The van der Waals surface area contributed by atoms with E-state index in [4.69, 9.17) is 5.11 Å². The Morgan fingerprint density at radius 2 is 2.25 bits per heavy atom. The third-order valence-corrected chi connectivity index (χ3v) is 2.66. The molecule has 0 radical (unpaired) electrons. The monoisotopic (exact) mass is 225 g/mol. The SMILES string of the molecule is CC(CC(=O)O)NC(=O)CC1=CCCCC1. The molecule has 1 unspecified atom stereocenters. The highest BCUT2D eigenvalue weighted by Gasteiger charge is 2.13. The molecule has 0 heterocycles. The Morgan fingerprint density at radius 1 is 1.50 bits per heavy atom. The van der Waals surface area contributed by atoms with Gasteiger partial charge in [-0.3, -0.25) is 9.59 Å². The molecule has 1 rings (SSSR count). The third kappa shape index (κ3) is 4.96. The van der Waals surface area contributed by atoms with E-state index in [0.29, 0.717) is 6.42 Å². The van der Waals surface area contributed by atoms with Crippen molar-refractivity contribution in [3.05, 3.63) is 11.6 Å². The Kier molecular flexibility index (Phi) is 5.02. The molecule has 4 nitrogen and oxygen atoms in total. The first-order chi connectivity index (χ1) is 7.58. The van der Waals surface area contributed by atoms with Crippen LogP contribution in [0.3, 0.4) is 0 Å². The Bertz CT molecular complexity index is 297. The largest absolute Gasteiger partial charge is 0.481 e. The van der Waals surface area contributed by atoms with E-state index in [9.17, 15) is 9.59 Å².